The number of esters is 1. The maximum absolute atomic E-state index is 12.7. The largest absolute Gasteiger partial charge is 0.573 e. The van der Waals surface area contributed by atoms with Crippen molar-refractivity contribution in [3.63, 3.8) is 0 Å². The number of thiophene rings is 1. The molecule has 3 aromatic carbocycles. The zero-order valence-electron chi connectivity index (χ0n) is 21.5. The maximum atomic E-state index is 12.7. The lowest BCUT2D eigenvalue weighted by Crippen LogP contribution is -2.29. The van der Waals surface area contributed by atoms with Gasteiger partial charge in [-0.25, -0.2) is 4.79 Å². The highest BCUT2D eigenvalue weighted by Crippen LogP contribution is 2.45. The predicted octanol–water partition coefficient (Wildman–Crippen LogP) is 8.43. The van der Waals surface area contributed by atoms with Gasteiger partial charge in [0.1, 0.15) is 11.5 Å². The zero-order valence-corrected chi connectivity index (χ0v) is 22.3. The van der Waals surface area contributed by atoms with Crippen LogP contribution in [0.3, 0.4) is 0 Å². The summed E-state index contributed by atoms with van der Waals surface area (Å²) in [5.41, 5.74) is 0.980. The normalized spacial score (nSPS) is 13.6. The molecule has 1 aromatic heterocycles. The molecule has 4 rings (SSSR count). The summed E-state index contributed by atoms with van der Waals surface area (Å²) in [6.07, 6.45) is -3.38. The van der Waals surface area contributed by atoms with Crippen molar-refractivity contribution in [3.05, 3.63) is 101 Å². The van der Waals surface area contributed by atoms with Crippen LogP contribution in [-0.4, -0.2) is 18.9 Å². The van der Waals surface area contributed by atoms with Gasteiger partial charge in [0.2, 0.25) is 0 Å². The zero-order chi connectivity index (χ0) is 27.7. The predicted molar refractivity (Wildman–Crippen MR) is 144 cm³/mol. The van der Waals surface area contributed by atoms with Crippen molar-refractivity contribution in [1.29, 1.82) is 0 Å². The van der Waals surface area contributed by atoms with E-state index in [1.807, 2.05) is 19.9 Å². The van der Waals surface area contributed by atoms with E-state index in [0.717, 1.165) is 23.3 Å². The van der Waals surface area contributed by atoms with Crippen LogP contribution in [0.5, 0.6) is 11.5 Å². The summed E-state index contributed by atoms with van der Waals surface area (Å²) < 4.78 is 54.0. The number of rotatable bonds is 8. The molecule has 0 aliphatic heterocycles. The number of carbonyl (C=O) groups excluding carboxylic acids is 1. The van der Waals surface area contributed by atoms with E-state index in [0.29, 0.717) is 11.3 Å². The fourth-order valence-electron chi connectivity index (χ4n) is 4.41. The second-order valence-corrected chi connectivity index (χ2v) is 11.3. The van der Waals surface area contributed by atoms with Crippen molar-refractivity contribution in [2.75, 3.05) is 6.61 Å². The number of fused-ring (bicyclic) bond motifs is 1. The molecule has 0 aliphatic carbocycles. The van der Waals surface area contributed by atoms with E-state index in [1.54, 1.807) is 6.92 Å². The Balaban J connectivity index is 1.47. The highest BCUT2D eigenvalue weighted by atomic mass is 32.2. The summed E-state index contributed by atoms with van der Waals surface area (Å²) >= 11 is 0. The first-order valence-electron chi connectivity index (χ1n) is 11.9. The monoisotopic (exact) mass is 541 g/mol. The van der Waals surface area contributed by atoms with Crippen LogP contribution in [0, 0.1) is 20.8 Å². The van der Waals surface area contributed by atoms with E-state index in [2.05, 4.69) is 54.6 Å². The highest BCUT2D eigenvalue weighted by Gasteiger charge is 2.32. The van der Waals surface area contributed by atoms with Crippen LogP contribution in [0.2, 0.25) is 0 Å². The Morgan fingerprint density at radius 2 is 1.61 bits per heavy atom. The van der Waals surface area contributed by atoms with E-state index in [9.17, 15) is 18.0 Å². The van der Waals surface area contributed by atoms with Gasteiger partial charge in [0.05, 0.1) is 0 Å². The van der Waals surface area contributed by atoms with Crippen molar-refractivity contribution in [3.8, 4) is 16.4 Å². The van der Waals surface area contributed by atoms with Crippen LogP contribution in [0.25, 0.3) is 15.0 Å². The average Bonchev–Trinajstić information content (AvgIpc) is 3.18. The lowest BCUT2D eigenvalue weighted by molar-refractivity contribution is -0.274. The Labute approximate surface area is 222 Å². The Kier molecular flexibility index (Phi) is 7.56. The summed E-state index contributed by atoms with van der Waals surface area (Å²) in [6, 6.07) is 19.9. The Morgan fingerprint density at radius 1 is 0.974 bits per heavy atom. The Bertz CT molecular complexity index is 1460. The maximum Gasteiger partial charge on any atom is 0.573 e. The van der Waals surface area contributed by atoms with Crippen LogP contribution in [0.1, 0.15) is 28.5 Å². The second-order valence-electron chi connectivity index (χ2n) is 9.13. The average molecular weight is 542 g/mol. The molecule has 0 N–H and O–H groups in total. The Morgan fingerprint density at radius 3 is 2.21 bits per heavy atom. The van der Waals surface area contributed by atoms with Crippen molar-refractivity contribution in [2.45, 2.75) is 39.7 Å². The van der Waals surface area contributed by atoms with Gasteiger partial charge in [-0.15, -0.1) is 13.2 Å². The lowest BCUT2D eigenvalue weighted by Gasteiger charge is -2.27. The topological polar surface area (TPSA) is 44.8 Å². The molecular formula is C30H28F3O4S+. The molecule has 0 bridgehead atoms. The number of hydrogen-bond acceptors (Lipinski definition) is 4. The minimum atomic E-state index is -4.79. The third kappa shape index (κ3) is 5.86. The number of alkyl halides is 3. The van der Waals surface area contributed by atoms with E-state index in [1.165, 1.54) is 38.1 Å². The van der Waals surface area contributed by atoms with Crippen molar-refractivity contribution in [1.82, 2.24) is 0 Å². The van der Waals surface area contributed by atoms with Crippen LogP contribution in [-0.2, 0) is 15.1 Å². The molecular weight excluding hydrogens is 513 g/mol. The van der Waals surface area contributed by atoms with Gasteiger partial charge in [-0.05, 0) is 67.8 Å². The molecule has 2 atom stereocenters. The molecule has 198 valence electrons. The van der Waals surface area contributed by atoms with Crippen LogP contribution >= 0.6 is 10.5 Å². The van der Waals surface area contributed by atoms with Crippen molar-refractivity contribution in [2.24, 2.45) is 0 Å². The summed E-state index contributed by atoms with van der Waals surface area (Å²) in [5.74, 6) is -0.405. The fraction of sp³-hybridized carbons (Fsp3) is 0.233. The number of hydrogen-bond donors (Lipinski definition) is 0. The van der Waals surface area contributed by atoms with E-state index < -0.39 is 17.9 Å². The molecule has 0 saturated carbocycles. The van der Waals surface area contributed by atoms with Crippen LogP contribution in [0.15, 0.2) is 79.4 Å². The molecule has 38 heavy (non-hydrogen) atoms. The molecule has 0 saturated heterocycles. The minimum absolute atomic E-state index is 0.164. The first-order valence-corrected chi connectivity index (χ1v) is 13.1. The molecule has 4 nitrogen and oxygen atoms in total. The van der Waals surface area contributed by atoms with Gasteiger partial charge in [0, 0.05) is 41.0 Å². The molecule has 0 radical (unpaired) electrons. The first kappa shape index (κ1) is 27.3. The molecule has 4 aromatic rings. The third-order valence-corrected chi connectivity index (χ3v) is 8.48. The molecule has 1 heterocycles. The fourth-order valence-corrected chi connectivity index (χ4v) is 6.79. The summed E-state index contributed by atoms with van der Waals surface area (Å²) in [7, 11) is -0.164. The van der Waals surface area contributed by atoms with E-state index in [-0.39, 0.29) is 22.8 Å². The Hall–Kier alpha value is -3.78. The standard InChI is InChI=1S/C30H28F3O4S/c1-6-29(5,23-11-13-24(14-12-23)36-30(31,32)33)37-27(34)18-35-28-19(2)15-25(16-20(28)3)38-21(4)17-22-9-7-8-10-26(22)38/h6-17H,1,18H2,2-5H3/q+1. The molecule has 0 amide bonds. The van der Waals surface area contributed by atoms with Gasteiger partial charge in [-0.1, -0.05) is 30.8 Å². The highest BCUT2D eigenvalue weighted by molar-refractivity contribution is 7.45. The third-order valence-electron chi connectivity index (χ3n) is 6.20. The first-order chi connectivity index (χ1) is 17.9. The SMILES string of the molecule is C=CC(C)(OC(=O)COc1c(C)cc(-[s+]2c(C)cc3ccccc32)cc1C)c1ccc(OC(F)(F)F)cc1. The molecule has 0 spiro atoms. The minimum Gasteiger partial charge on any atom is -0.481 e. The molecule has 2 unspecified atom stereocenters. The summed E-state index contributed by atoms with van der Waals surface area (Å²) in [6.45, 7) is 11.0. The van der Waals surface area contributed by atoms with Gasteiger partial charge < -0.3 is 14.2 Å². The lowest BCUT2D eigenvalue weighted by atomic mass is 9.96. The van der Waals surface area contributed by atoms with Gasteiger partial charge >= 0.3 is 12.3 Å². The van der Waals surface area contributed by atoms with Crippen molar-refractivity contribution < 1.29 is 32.2 Å². The molecule has 0 aliphatic rings. The van der Waals surface area contributed by atoms with E-state index >= 15 is 0 Å². The quantitative estimate of drug-likeness (QED) is 0.128. The van der Waals surface area contributed by atoms with Crippen molar-refractivity contribution >= 4 is 26.5 Å². The van der Waals surface area contributed by atoms with Gasteiger partial charge in [0.15, 0.2) is 26.7 Å². The molecule has 0 fully saturated rings. The smallest absolute Gasteiger partial charge is 0.481 e. The number of ether oxygens (including phenoxy) is 3. The molecule has 8 heteroatoms. The number of carbonyl (C=O) groups is 1. The number of aryl methyl sites for hydroxylation is 3. The second kappa shape index (κ2) is 10.5. The van der Waals surface area contributed by atoms with Crippen LogP contribution < -0.4 is 9.47 Å². The number of halogens is 3. The van der Waals surface area contributed by atoms with Gasteiger partial charge in [-0.2, -0.15) is 0 Å². The van der Waals surface area contributed by atoms with E-state index in [4.69, 9.17) is 9.47 Å². The van der Waals surface area contributed by atoms with Gasteiger partial charge in [0.25, 0.3) is 0 Å². The summed E-state index contributed by atoms with van der Waals surface area (Å²) in [4.78, 5) is 15.2. The van der Waals surface area contributed by atoms with Gasteiger partial charge in [-0.3, -0.25) is 0 Å². The number of benzene rings is 3. The summed E-state index contributed by atoms with van der Waals surface area (Å²) in [5, 5.41) is 1.24. The van der Waals surface area contributed by atoms with Crippen LogP contribution in [0.4, 0.5) is 13.2 Å².